The Morgan fingerprint density at radius 3 is 2.79 bits per heavy atom. The van der Waals surface area contributed by atoms with Crippen molar-refractivity contribution in [3.8, 4) is 22.2 Å². The molecule has 2 aromatic heterocycles. The topological polar surface area (TPSA) is 87.2 Å². The lowest BCUT2D eigenvalue weighted by Crippen LogP contribution is -2.28. The molecule has 4 aromatic rings. The number of carbonyl (C=O) groups excluding carboxylic acids is 1. The van der Waals surface area contributed by atoms with Gasteiger partial charge in [0.1, 0.15) is 35.0 Å². The van der Waals surface area contributed by atoms with Gasteiger partial charge in [0.2, 0.25) is 0 Å². The number of thiophene rings is 1. The van der Waals surface area contributed by atoms with Crippen molar-refractivity contribution in [1.82, 2.24) is 15.3 Å². The number of rotatable bonds is 6. The molecule has 6 nitrogen and oxygen atoms in total. The third-order valence-corrected chi connectivity index (χ3v) is 5.18. The highest BCUT2D eigenvalue weighted by molar-refractivity contribution is 7.13. The predicted octanol–water partition coefficient (Wildman–Crippen LogP) is 4.11. The summed E-state index contributed by atoms with van der Waals surface area (Å²) in [4.78, 5) is 21.2. The summed E-state index contributed by atoms with van der Waals surface area (Å²) in [7, 11) is 0. The maximum absolute atomic E-state index is 12.6. The second kappa shape index (κ2) is 7.74. The normalized spacial score (nSPS) is 10.9. The van der Waals surface area contributed by atoms with Crippen LogP contribution in [0.3, 0.4) is 0 Å². The number of phenols is 1. The Morgan fingerprint density at radius 2 is 2.04 bits per heavy atom. The third kappa shape index (κ3) is 3.70. The highest BCUT2D eigenvalue weighted by atomic mass is 32.1. The number of carbonyl (C=O) groups is 1. The van der Waals surface area contributed by atoms with Crippen molar-refractivity contribution < 1.29 is 14.6 Å². The summed E-state index contributed by atoms with van der Waals surface area (Å²) in [5.74, 6) is 1.19. The van der Waals surface area contributed by atoms with Crippen LogP contribution in [-0.4, -0.2) is 34.1 Å². The second-order valence-electron chi connectivity index (χ2n) is 6.34. The number of aromatic amines is 1. The molecule has 0 unspecified atom stereocenters. The molecule has 0 atom stereocenters. The zero-order valence-corrected chi connectivity index (χ0v) is 16.0. The molecule has 1 amide bonds. The summed E-state index contributed by atoms with van der Waals surface area (Å²) < 4.78 is 5.63. The van der Waals surface area contributed by atoms with E-state index in [1.54, 1.807) is 6.07 Å². The number of benzene rings is 2. The number of ether oxygens (including phenoxy) is 1. The van der Waals surface area contributed by atoms with E-state index in [0.29, 0.717) is 35.6 Å². The highest BCUT2D eigenvalue weighted by Gasteiger charge is 2.17. The van der Waals surface area contributed by atoms with E-state index in [-0.39, 0.29) is 11.7 Å². The SMILES string of the molecule is Cc1ccc(OCCNC(=O)c2ccc(O)c3[nH]c(-c4cccs4)nc23)cc1. The van der Waals surface area contributed by atoms with Crippen LogP contribution in [0.1, 0.15) is 15.9 Å². The Morgan fingerprint density at radius 1 is 1.21 bits per heavy atom. The molecule has 0 bridgehead atoms. The first-order valence-corrected chi connectivity index (χ1v) is 9.73. The van der Waals surface area contributed by atoms with Gasteiger partial charge in [0.05, 0.1) is 17.0 Å². The van der Waals surface area contributed by atoms with Gasteiger partial charge in [-0.15, -0.1) is 11.3 Å². The molecule has 2 aromatic carbocycles. The minimum absolute atomic E-state index is 0.0598. The summed E-state index contributed by atoms with van der Waals surface area (Å²) in [6.45, 7) is 2.73. The molecule has 142 valence electrons. The molecular formula is C21H19N3O3S. The van der Waals surface area contributed by atoms with Gasteiger partial charge in [0.15, 0.2) is 0 Å². The van der Waals surface area contributed by atoms with Gasteiger partial charge in [-0.3, -0.25) is 4.79 Å². The largest absolute Gasteiger partial charge is 0.506 e. The number of H-pyrrole nitrogens is 1. The second-order valence-corrected chi connectivity index (χ2v) is 7.28. The maximum atomic E-state index is 12.6. The van der Waals surface area contributed by atoms with Crippen LogP contribution in [0.5, 0.6) is 11.5 Å². The van der Waals surface area contributed by atoms with Crippen LogP contribution in [0.4, 0.5) is 0 Å². The lowest BCUT2D eigenvalue weighted by atomic mass is 10.1. The number of hydrogen-bond acceptors (Lipinski definition) is 5. The van der Waals surface area contributed by atoms with Gasteiger partial charge in [-0.25, -0.2) is 4.98 Å². The van der Waals surface area contributed by atoms with Crippen LogP contribution in [0.2, 0.25) is 0 Å². The van der Waals surface area contributed by atoms with Crippen molar-refractivity contribution in [3.05, 3.63) is 65.0 Å². The number of fused-ring (bicyclic) bond motifs is 1. The summed E-state index contributed by atoms with van der Waals surface area (Å²) in [5.41, 5.74) is 2.47. The predicted molar refractivity (Wildman–Crippen MR) is 110 cm³/mol. The van der Waals surface area contributed by atoms with Gasteiger partial charge in [-0.1, -0.05) is 23.8 Å². The van der Waals surface area contributed by atoms with Crippen molar-refractivity contribution >= 4 is 28.3 Å². The molecule has 0 fully saturated rings. The Balaban J connectivity index is 1.46. The summed E-state index contributed by atoms with van der Waals surface area (Å²) in [6, 6.07) is 14.7. The standard InChI is InChI=1S/C21H19N3O3S/c1-13-4-6-14(7-5-13)27-11-10-22-21(26)15-8-9-16(25)19-18(15)23-20(24-19)17-3-2-12-28-17/h2-9,12,25H,10-11H2,1H3,(H,22,26)(H,23,24). The van der Waals surface area contributed by atoms with E-state index in [0.717, 1.165) is 16.2 Å². The summed E-state index contributed by atoms with van der Waals surface area (Å²) in [5, 5.41) is 14.9. The number of imidazole rings is 1. The summed E-state index contributed by atoms with van der Waals surface area (Å²) >= 11 is 1.53. The first kappa shape index (κ1) is 18.1. The molecule has 0 saturated carbocycles. The number of aryl methyl sites for hydroxylation is 1. The van der Waals surface area contributed by atoms with Crippen LogP contribution in [0.15, 0.2) is 53.9 Å². The van der Waals surface area contributed by atoms with Gasteiger partial charge in [-0.05, 0) is 42.6 Å². The molecule has 7 heteroatoms. The highest BCUT2D eigenvalue weighted by Crippen LogP contribution is 2.30. The lowest BCUT2D eigenvalue weighted by Gasteiger charge is -2.08. The van der Waals surface area contributed by atoms with Gasteiger partial charge in [-0.2, -0.15) is 0 Å². The van der Waals surface area contributed by atoms with Crippen molar-refractivity contribution in [2.24, 2.45) is 0 Å². The Hall–Kier alpha value is -3.32. The molecule has 4 rings (SSSR count). The number of amides is 1. The smallest absolute Gasteiger partial charge is 0.253 e. The molecule has 0 saturated heterocycles. The van der Waals surface area contributed by atoms with E-state index in [4.69, 9.17) is 4.74 Å². The van der Waals surface area contributed by atoms with Gasteiger partial charge < -0.3 is 20.1 Å². The fourth-order valence-corrected chi connectivity index (χ4v) is 3.52. The Kier molecular flexibility index (Phi) is 4.99. The number of phenolic OH excluding ortho intramolecular Hbond substituents is 1. The van der Waals surface area contributed by atoms with Crippen LogP contribution in [0, 0.1) is 6.92 Å². The van der Waals surface area contributed by atoms with Crippen LogP contribution < -0.4 is 10.1 Å². The minimum Gasteiger partial charge on any atom is -0.506 e. The van der Waals surface area contributed by atoms with Crippen molar-refractivity contribution in [2.75, 3.05) is 13.2 Å². The van der Waals surface area contributed by atoms with Crippen molar-refractivity contribution in [2.45, 2.75) is 6.92 Å². The van der Waals surface area contributed by atoms with Crippen LogP contribution in [-0.2, 0) is 0 Å². The monoisotopic (exact) mass is 393 g/mol. The van der Waals surface area contributed by atoms with Crippen LogP contribution >= 0.6 is 11.3 Å². The zero-order valence-electron chi connectivity index (χ0n) is 15.2. The molecule has 0 aliphatic heterocycles. The van der Waals surface area contributed by atoms with E-state index in [1.807, 2.05) is 48.7 Å². The Labute approximate surface area is 165 Å². The first-order chi connectivity index (χ1) is 13.6. The molecule has 0 spiro atoms. The average molecular weight is 393 g/mol. The van der Waals surface area contributed by atoms with E-state index in [9.17, 15) is 9.90 Å². The molecule has 3 N–H and O–H groups in total. The van der Waals surface area contributed by atoms with Crippen molar-refractivity contribution in [3.63, 3.8) is 0 Å². The molecule has 28 heavy (non-hydrogen) atoms. The van der Waals surface area contributed by atoms with E-state index < -0.39 is 0 Å². The van der Waals surface area contributed by atoms with Crippen LogP contribution in [0.25, 0.3) is 21.7 Å². The number of nitrogens with one attached hydrogen (secondary N) is 2. The molecular weight excluding hydrogens is 374 g/mol. The van der Waals surface area contributed by atoms with E-state index in [2.05, 4.69) is 15.3 Å². The van der Waals surface area contributed by atoms with Gasteiger partial charge in [0, 0.05) is 0 Å². The number of aromatic nitrogens is 2. The first-order valence-electron chi connectivity index (χ1n) is 8.85. The minimum atomic E-state index is -0.262. The maximum Gasteiger partial charge on any atom is 0.253 e. The molecule has 0 radical (unpaired) electrons. The third-order valence-electron chi connectivity index (χ3n) is 4.30. The number of aromatic hydroxyl groups is 1. The van der Waals surface area contributed by atoms with Gasteiger partial charge in [0.25, 0.3) is 5.91 Å². The van der Waals surface area contributed by atoms with Gasteiger partial charge >= 0.3 is 0 Å². The fraction of sp³-hybridized carbons (Fsp3) is 0.143. The summed E-state index contributed by atoms with van der Waals surface area (Å²) in [6.07, 6.45) is 0. The lowest BCUT2D eigenvalue weighted by molar-refractivity contribution is 0.0948. The zero-order chi connectivity index (χ0) is 19.5. The van der Waals surface area contributed by atoms with Crippen molar-refractivity contribution in [1.29, 1.82) is 0 Å². The molecule has 2 heterocycles. The number of nitrogens with zero attached hydrogens (tertiary/aromatic N) is 1. The molecule has 0 aliphatic rings. The quantitative estimate of drug-likeness (QED) is 0.430. The number of hydrogen-bond donors (Lipinski definition) is 3. The van der Waals surface area contributed by atoms with E-state index in [1.165, 1.54) is 17.4 Å². The average Bonchev–Trinajstić information content (AvgIpc) is 3.37. The van der Waals surface area contributed by atoms with E-state index >= 15 is 0 Å². The Bertz CT molecular complexity index is 1100. The fourth-order valence-electron chi connectivity index (χ4n) is 2.85. The molecule has 0 aliphatic carbocycles.